The van der Waals surface area contributed by atoms with E-state index in [0.29, 0.717) is 6.61 Å². The van der Waals surface area contributed by atoms with E-state index in [1.54, 1.807) is 0 Å². The summed E-state index contributed by atoms with van der Waals surface area (Å²) in [6.07, 6.45) is 1.91. The molecule has 0 spiro atoms. The molecule has 21 heavy (non-hydrogen) atoms. The Labute approximate surface area is 136 Å². The van der Waals surface area contributed by atoms with Crippen molar-refractivity contribution in [1.82, 2.24) is 0 Å². The predicted molar refractivity (Wildman–Crippen MR) is 90.4 cm³/mol. The van der Waals surface area contributed by atoms with Crippen LogP contribution >= 0.6 is 23.2 Å². The molecule has 0 N–H and O–H groups in total. The van der Waals surface area contributed by atoms with Crippen LogP contribution in [0.3, 0.4) is 0 Å². The summed E-state index contributed by atoms with van der Waals surface area (Å²) in [5.74, 6) is 0.998. The molecule has 0 fully saturated rings. The molecule has 0 atom stereocenters. The zero-order chi connectivity index (χ0) is 15.2. The molecule has 0 unspecified atom stereocenters. The van der Waals surface area contributed by atoms with Gasteiger partial charge < -0.3 is 4.74 Å². The van der Waals surface area contributed by atoms with Crippen LogP contribution in [0.5, 0.6) is 5.75 Å². The molecule has 112 valence electrons. The Balaban J connectivity index is 2.24. The molecule has 2 aromatic carbocycles. The zero-order valence-corrected chi connectivity index (χ0v) is 13.9. The minimum absolute atomic E-state index is 0.482. The van der Waals surface area contributed by atoms with Crippen LogP contribution < -0.4 is 4.74 Å². The molecule has 1 nitrogen and oxygen atoms in total. The highest BCUT2D eigenvalue weighted by molar-refractivity contribution is 6.44. The van der Waals surface area contributed by atoms with Crippen molar-refractivity contribution in [2.45, 2.75) is 38.1 Å². The topological polar surface area (TPSA) is 9.23 Å². The van der Waals surface area contributed by atoms with E-state index in [1.165, 1.54) is 11.1 Å². The smallest absolute Gasteiger partial charge is 0.133 e. The Morgan fingerprint density at radius 1 is 0.857 bits per heavy atom. The highest BCUT2D eigenvalue weighted by Gasteiger charge is 2.12. The molecule has 0 aliphatic heterocycles. The van der Waals surface area contributed by atoms with Crippen molar-refractivity contribution >= 4 is 23.2 Å². The molecule has 0 aliphatic rings. The van der Waals surface area contributed by atoms with Crippen molar-refractivity contribution in [3.8, 4) is 5.75 Å². The van der Waals surface area contributed by atoms with Crippen molar-refractivity contribution < 1.29 is 4.74 Å². The van der Waals surface area contributed by atoms with Gasteiger partial charge in [-0.2, -0.15) is 0 Å². The fourth-order valence-electron chi connectivity index (χ4n) is 2.41. The summed E-state index contributed by atoms with van der Waals surface area (Å²) in [5.41, 5.74) is 4.41. The van der Waals surface area contributed by atoms with Crippen molar-refractivity contribution in [1.29, 1.82) is 0 Å². The van der Waals surface area contributed by atoms with E-state index in [0.717, 1.165) is 29.7 Å². The molecule has 0 heterocycles. The quantitative estimate of drug-likeness (QED) is 0.604. The molecule has 0 bridgehead atoms. The fraction of sp³-hybridized carbons (Fsp3) is 0.333. The van der Waals surface area contributed by atoms with Crippen LogP contribution in [0.15, 0.2) is 42.5 Å². The van der Waals surface area contributed by atoms with Gasteiger partial charge in [-0.05, 0) is 35.1 Å². The van der Waals surface area contributed by atoms with Gasteiger partial charge in [0.1, 0.15) is 17.2 Å². The van der Waals surface area contributed by atoms with Crippen LogP contribution in [0.25, 0.3) is 0 Å². The molecule has 0 saturated carbocycles. The summed E-state index contributed by atoms with van der Waals surface area (Å²) in [6, 6.07) is 14.2. The van der Waals surface area contributed by atoms with Crippen LogP contribution in [-0.4, -0.2) is 0 Å². The zero-order valence-electron chi connectivity index (χ0n) is 12.4. The third-order valence-electron chi connectivity index (χ3n) is 3.60. The molecule has 3 heteroatoms. The maximum Gasteiger partial charge on any atom is 0.133 e. The van der Waals surface area contributed by atoms with E-state index in [4.69, 9.17) is 27.9 Å². The molecule has 0 radical (unpaired) electrons. The lowest BCUT2D eigenvalue weighted by Crippen LogP contribution is -2.04. The van der Waals surface area contributed by atoms with E-state index >= 15 is 0 Å². The summed E-state index contributed by atoms with van der Waals surface area (Å²) < 4.78 is 6.11. The van der Waals surface area contributed by atoms with E-state index in [9.17, 15) is 0 Å². The minimum atomic E-state index is -0.531. The van der Waals surface area contributed by atoms with Crippen molar-refractivity contribution in [3.63, 3.8) is 0 Å². The minimum Gasteiger partial charge on any atom is -0.488 e. The van der Waals surface area contributed by atoms with Crippen LogP contribution in [0, 0.1) is 0 Å². The highest BCUT2D eigenvalue weighted by atomic mass is 35.5. The molecule has 2 rings (SSSR count). The number of alkyl halides is 2. The molecular formula is C18H20Cl2O. The lowest BCUT2D eigenvalue weighted by Gasteiger charge is -2.16. The van der Waals surface area contributed by atoms with E-state index < -0.39 is 4.84 Å². The first kappa shape index (κ1) is 16.2. The normalized spacial score (nSPS) is 10.9. The number of para-hydroxylation sites is 1. The van der Waals surface area contributed by atoms with Gasteiger partial charge in [0.25, 0.3) is 0 Å². The number of hydrogen-bond donors (Lipinski definition) is 0. The molecule has 0 aliphatic carbocycles. The molecule has 0 saturated heterocycles. The Hall–Kier alpha value is -1.18. The molecule has 0 amide bonds. The van der Waals surface area contributed by atoms with Crippen LogP contribution in [0.2, 0.25) is 0 Å². The van der Waals surface area contributed by atoms with Gasteiger partial charge in [0, 0.05) is 0 Å². The third kappa shape index (κ3) is 3.93. The SMILES string of the molecule is CCc1cccc(CC)c1OCc1ccccc1C(Cl)Cl. The second kappa shape index (κ2) is 7.72. The number of halogens is 2. The first-order valence-electron chi connectivity index (χ1n) is 7.26. The Morgan fingerprint density at radius 3 is 2.00 bits per heavy atom. The van der Waals surface area contributed by atoms with Gasteiger partial charge in [-0.3, -0.25) is 0 Å². The monoisotopic (exact) mass is 322 g/mol. The lowest BCUT2D eigenvalue weighted by atomic mass is 10.0. The van der Waals surface area contributed by atoms with Crippen LogP contribution in [0.1, 0.15) is 40.9 Å². The van der Waals surface area contributed by atoms with E-state index in [1.807, 2.05) is 24.3 Å². The predicted octanol–water partition coefficient (Wildman–Crippen LogP) is 5.87. The van der Waals surface area contributed by atoms with Gasteiger partial charge in [0.05, 0.1) is 0 Å². The summed E-state index contributed by atoms with van der Waals surface area (Å²) in [4.78, 5) is -0.531. The Kier molecular flexibility index (Phi) is 5.96. The lowest BCUT2D eigenvalue weighted by molar-refractivity contribution is 0.299. The third-order valence-corrected chi connectivity index (χ3v) is 4.07. The summed E-state index contributed by atoms with van der Waals surface area (Å²) >= 11 is 12.0. The summed E-state index contributed by atoms with van der Waals surface area (Å²) in [6.45, 7) is 4.77. The molecular weight excluding hydrogens is 303 g/mol. The van der Waals surface area contributed by atoms with Crippen LogP contribution in [-0.2, 0) is 19.4 Å². The fourth-order valence-corrected chi connectivity index (χ4v) is 2.83. The summed E-state index contributed by atoms with van der Waals surface area (Å²) in [5, 5.41) is 0. The standard InChI is InChI=1S/C18H20Cl2O/c1-3-13-9-7-10-14(4-2)17(13)21-12-15-8-5-6-11-16(15)18(19)20/h5-11,18H,3-4,12H2,1-2H3. The van der Waals surface area contributed by atoms with Gasteiger partial charge in [-0.15, -0.1) is 23.2 Å². The second-order valence-corrected chi connectivity index (χ2v) is 6.00. The molecule has 0 aromatic heterocycles. The van der Waals surface area contributed by atoms with Crippen molar-refractivity contribution in [2.75, 3.05) is 0 Å². The number of hydrogen-bond acceptors (Lipinski definition) is 1. The van der Waals surface area contributed by atoms with Gasteiger partial charge in [0.2, 0.25) is 0 Å². The second-order valence-electron chi connectivity index (χ2n) is 4.90. The van der Waals surface area contributed by atoms with Gasteiger partial charge in [-0.1, -0.05) is 56.3 Å². The Morgan fingerprint density at radius 2 is 1.43 bits per heavy atom. The largest absolute Gasteiger partial charge is 0.488 e. The average Bonchev–Trinajstić information content (AvgIpc) is 2.52. The first-order chi connectivity index (χ1) is 10.2. The number of benzene rings is 2. The maximum absolute atomic E-state index is 6.11. The van der Waals surface area contributed by atoms with E-state index in [-0.39, 0.29) is 0 Å². The van der Waals surface area contributed by atoms with E-state index in [2.05, 4.69) is 32.0 Å². The number of aryl methyl sites for hydroxylation is 2. The van der Waals surface area contributed by atoms with Gasteiger partial charge in [-0.25, -0.2) is 0 Å². The van der Waals surface area contributed by atoms with Gasteiger partial charge in [0.15, 0.2) is 0 Å². The average molecular weight is 323 g/mol. The Bertz CT molecular complexity index is 571. The van der Waals surface area contributed by atoms with Crippen molar-refractivity contribution in [2.24, 2.45) is 0 Å². The number of rotatable bonds is 6. The van der Waals surface area contributed by atoms with Crippen LogP contribution in [0.4, 0.5) is 0 Å². The first-order valence-corrected chi connectivity index (χ1v) is 8.14. The number of ether oxygens (including phenoxy) is 1. The van der Waals surface area contributed by atoms with Crippen molar-refractivity contribution in [3.05, 3.63) is 64.7 Å². The highest BCUT2D eigenvalue weighted by Crippen LogP contribution is 2.30. The summed E-state index contributed by atoms with van der Waals surface area (Å²) in [7, 11) is 0. The molecule has 2 aromatic rings. The maximum atomic E-state index is 6.11. The van der Waals surface area contributed by atoms with Gasteiger partial charge >= 0.3 is 0 Å².